The van der Waals surface area contributed by atoms with Gasteiger partial charge in [0.2, 0.25) is 0 Å². The maximum Gasteiger partial charge on any atom is 0.350 e. The van der Waals surface area contributed by atoms with Crippen molar-refractivity contribution in [1.29, 1.82) is 0 Å². The van der Waals surface area contributed by atoms with E-state index in [2.05, 4.69) is 10.1 Å². The highest BCUT2D eigenvalue weighted by Gasteiger charge is 2.00. The summed E-state index contributed by atoms with van der Waals surface area (Å²) in [5.41, 5.74) is 0.396. The minimum Gasteiger partial charge on any atom is -0.298 e. The first kappa shape index (κ1) is 6.09. The molecular formula is C6H6N4O. The van der Waals surface area contributed by atoms with Crippen LogP contribution in [-0.4, -0.2) is 19.2 Å². The SMILES string of the molecule is Cn1cc2nccnn2c1=O. The van der Waals surface area contributed by atoms with Gasteiger partial charge in [0.25, 0.3) is 0 Å². The van der Waals surface area contributed by atoms with Crippen LogP contribution in [0.15, 0.2) is 23.4 Å². The molecule has 0 unspecified atom stereocenters. The molecule has 0 aliphatic rings. The van der Waals surface area contributed by atoms with E-state index in [1.165, 1.54) is 15.3 Å². The fourth-order valence-electron chi connectivity index (χ4n) is 0.933. The fourth-order valence-corrected chi connectivity index (χ4v) is 0.933. The van der Waals surface area contributed by atoms with E-state index < -0.39 is 0 Å². The lowest BCUT2D eigenvalue weighted by Gasteiger charge is -1.84. The number of aromatic nitrogens is 4. The highest BCUT2D eigenvalue weighted by atomic mass is 16.2. The van der Waals surface area contributed by atoms with Crippen LogP contribution in [0.4, 0.5) is 0 Å². The largest absolute Gasteiger partial charge is 0.350 e. The van der Waals surface area contributed by atoms with Crippen molar-refractivity contribution in [3.05, 3.63) is 29.1 Å². The van der Waals surface area contributed by atoms with Crippen LogP contribution in [0.2, 0.25) is 0 Å². The maximum atomic E-state index is 11.2. The van der Waals surface area contributed by atoms with E-state index in [4.69, 9.17) is 0 Å². The Bertz CT molecular complexity index is 441. The van der Waals surface area contributed by atoms with Crippen LogP contribution in [0.3, 0.4) is 0 Å². The highest BCUT2D eigenvalue weighted by molar-refractivity contribution is 5.31. The molecule has 11 heavy (non-hydrogen) atoms. The lowest BCUT2D eigenvalue weighted by atomic mass is 10.8. The molecule has 0 radical (unpaired) electrons. The van der Waals surface area contributed by atoms with Gasteiger partial charge in [-0.2, -0.15) is 9.61 Å². The molecule has 2 heterocycles. The summed E-state index contributed by atoms with van der Waals surface area (Å²) in [6, 6.07) is 0. The number of imidazole rings is 1. The molecule has 0 amide bonds. The zero-order chi connectivity index (χ0) is 7.84. The van der Waals surface area contributed by atoms with Gasteiger partial charge in [0.05, 0.1) is 12.4 Å². The van der Waals surface area contributed by atoms with Crippen molar-refractivity contribution in [3.63, 3.8) is 0 Å². The molecule has 0 aliphatic heterocycles. The maximum absolute atomic E-state index is 11.2. The van der Waals surface area contributed by atoms with Crippen LogP contribution < -0.4 is 5.69 Å². The predicted octanol–water partition coefficient (Wildman–Crippen LogP) is -0.572. The molecule has 0 saturated heterocycles. The van der Waals surface area contributed by atoms with Crippen molar-refractivity contribution in [1.82, 2.24) is 19.2 Å². The predicted molar refractivity (Wildman–Crippen MR) is 38.2 cm³/mol. The van der Waals surface area contributed by atoms with Gasteiger partial charge < -0.3 is 0 Å². The normalized spacial score (nSPS) is 10.6. The standard InChI is InChI=1S/C6H6N4O/c1-9-4-5-7-2-3-8-10(5)6(9)11/h2-4H,1H3. The Morgan fingerprint density at radius 2 is 2.27 bits per heavy atom. The van der Waals surface area contributed by atoms with Gasteiger partial charge >= 0.3 is 5.69 Å². The van der Waals surface area contributed by atoms with Gasteiger partial charge in [-0.05, 0) is 0 Å². The first-order chi connectivity index (χ1) is 5.29. The van der Waals surface area contributed by atoms with Gasteiger partial charge in [-0.15, -0.1) is 0 Å². The summed E-state index contributed by atoms with van der Waals surface area (Å²) in [6.07, 6.45) is 4.67. The van der Waals surface area contributed by atoms with Crippen molar-refractivity contribution < 1.29 is 0 Å². The van der Waals surface area contributed by atoms with Gasteiger partial charge in [0.15, 0.2) is 5.65 Å². The van der Waals surface area contributed by atoms with Crippen molar-refractivity contribution in [2.75, 3.05) is 0 Å². The molecule has 56 valence electrons. The summed E-state index contributed by atoms with van der Waals surface area (Å²) in [5.74, 6) is 0. The Morgan fingerprint density at radius 1 is 1.45 bits per heavy atom. The molecule has 2 rings (SSSR count). The topological polar surface area (TPSA) is 52.2 Å². The number of rotatable bonds is 0. The van der Waals surface area contributed by atoms with Crippen molar-refractivity contribution in [2.24, 2.45) is 7.05 Å². The minimum atomic E-state index is -0.173. The summed E-state index contributed by atoms with van der Waals surface area (Å²) in [5, 5.41) is 3.82. The molecule has 0 spiro atoms. The van der Waals surface area contributed by atoms with E-state index in [9.17, 15) is 4.79 Å². The molecule has 0 N–H and O–H groups in total. The molecule has 5 nitrogen and oxygen atoms in total. The van der Waals surface area contributed by atoms with Crippen LogP contribution in [-0.2, 0) is 7.05 Å². The molecule has 0 aromatic carbocycles. The smallest absolute Gasteiger partial charge is 0.298 e. The van der Waals surface area contributed by atoms with Crippen molar-refractivity contribution >= 4 is 5.65 Å². The average molecular weight is 150 g/mol. The number of aryl methyl sites for hydroxylation is 1. The minimum absolute atomic E-state index is 0.173. The summed E-state index contributed by atoms with van der Waals surface area (Å²) >= 11 is 0. The first-order valence-corrected chi connectivity index (χ1v) is 3.14. The third-order valence-corrected chi connectivity index (χ3v) is 1.46. The molecule has 0 fully saturated rings. The highest BCUT2D eigenvalue weighted by Crippen LogP contribution is 1.89. The average Bonchev–Trinajstić information content (AvgIpc) is 2.30. The Hall–Kier alpha value is -1.65. The number of hydrogen-bond acceptors (Lipinski definition) is 3. The van der Waals surface area contributed by atoms with E-state index in [-0.39, 0.29) is 5.69 Å². The lowest BCUT2D eigenvalue weighted by molar-refractivity contribution is 0.781. The Balaban J connectivity index is 3.04. The number of hydrogen-bond donors (Lipinski definition) is 0. The number of fused-ring (bicyclic) bond motifs is 1. The second kappa shape index (κ2) is 1.91. The zero-order valence-corrected chi connectivity index (χ0v) is 5.93. The zero-order valence-electron chi connectivity index (χ0n) is 5.93. The molecular weight excluding hydrogens is 144 g/mol. The molecule has 2 aromatic heterocycles. The van der Waals surface area contributed by atoms with E-state index >= 15 is 0 Å². The van der Waals surface area contributed by atoms with E-state index in [1.807, 2.05) is 0 Å². The van der Waals surface area contributed by atoms with Crippen LogP contribution in [0, 0.1) is 0 Å². The third kappa shape index (κ3) is 0.739. The van der Waals surface area contributed by atoms with Gasteiger partial charge in [0, 0.05) is 13.2 Å². The molecule has 5 heteroatoms. The monoisotopic (exact) mass is 150 g/mol. The molecule has 0 aliphatic carbocycles. The van der Waals surface area contributed by atoms with E-state index in [0.717, 1.165) is 0 Å². The molecule has 0 atom stereocenters. The second-order valence-corrected chi connectivity index (χ2v) is 2.24. The van der Waals surface area contributed by atoms with Crippen molar-refractivity contribution in [3.8, 4) is 0 Å². The Morgan fingerprint density at radius 3 is 3.00 bits per heavy atom. The van der Waals surface area contributed by atoms with Gasteiger partial charge in [-0.1, -0.05) is 0 Å². The summed E-state index contributed by atoms with van der Waals surface area (Å²) < 4.78 is 2.69. The van der Waals surface area contributed by atoms with E-state index in [1.54, 1.807) is 19.4 Å². The summed E-state index contributed by atoms with van der Waals surface area (Å²) in [6.45, 7) is 0. The number of nitrogens with zero attached hydrogens (tertiary/aromatic N) is 4. The quantitative estimate of drug-likeness (QED) is 0.505. The van der Waals surface area contributed by atoms with Crippen LogP contribution >= 0.6 is 0 Å². The third-order valence-electron chi connectivity index (χ3n) is 1.46. The fraction of sp³-hybridized carbons (Fsp3) is 0.167. The lowest BCUT2D eigenvalue weighted by Crippen LogP contribution is -2.18. The van der Waals surface area contributed by atoms with Crippen molar-refractivity contribution in [2.45, 2.75) is 0 Å². The first-order valence-electron chi connectivity index (χ1n) is 3.14. The molecule has 0 bridgehead atoms. The van der Waals surface area contributed by atoms with Crippen LogP contribution in [0.5, 0.6) is 0 Å². The second-order valence-electron chi connectivity index (χ2n) is 2.24. The molecule has 0 saturated carbocycles. The Kier molecular flexibility index (Phi) is 1.06. The summed E-state index contributed by atoms with van der Waals surface area (Å²) in [7, 11) is 1.67. The van der Waals surface area contributed by atoms with Crippen LogP contribution in [0.1, 0.15) is 0 Å². The Labute approximate surface area is 61.9 Å². The van der Waals surface area contributed by atoms with Gasteiger partial charge in [-0.3, -0.25) is 4.57 Å². The van der Waals surface area contributed by atoms with Gasteiger partial charge in [-0.25, -0.2) is 9.78 Å². The van der Waals surface area contributed by atoms with E-state index in [0.29, 0.717) is 5.65 Å². The van der Waals surface area contributed by atoms with Gasteiger partial charge in [0.1, 0.15) is 0 Å². The molecule has 2 aromatic rings. The van der Waals surface area contributed by atoms with Crippen LogP contribution in [0.25, 0.3) is 5.65 Å². The summed E-state index contributed by atoms with van der Waals surface area (Å²) in [4.78, 5) is 15.1.